The van der Waals surface area contributed by atoms with Crippen LogP contribution in [0.25, 0.3) is 0 Å². The number of hydrogen-bond acceptors (Lipinski definition) is 15. The molecule has 0 spiro atoms. The van der Waals surface area contributed by atoms with E-state index in [1.165, 1.54) is 128 Å². The average molecular weight is 1400 g/mol. The molecule has 19 heteroatoms. The summed E-state index contributed by atoms with van der Waals surface area (Å²) in [4.78, 5) is 65.7. The van der Waals surface area contributed by atoms with Gasteiger partial charge in [-0.15, -0.1) is 0 Å². The van der Waals surface area contributed by atoms with Gasteiger partial charge in [-0.1, -0.05) is 242 Å². The Kier molecular flexibility index (Phi) is 73.7. The highest BCUT2D eigenvalue weighted by molar-refractivity contribution is 7.47. The zero-order valence-corrected chi connectivity index (χ0v) is 62.7. The summed E-state index contributed by atoms with van der Waals surface area (Å²) in [5.74, 6) is -0.446. The molecule has 5 atom stereocenters. The minimum atomic E-state index is -4.82. The summed E-state index contributed by atoms with van der Waals surface area (Å²) in [7, 11) is -9.55. The van der Waals surface area contributed by atoms with Crippen molar-refractivity contribution in [3.05, 3.63) is 36.5 Å². The van der Waals surface area contributed by atoms with E-state index in [2.05, 4.69) is 43.4 Å². The van der Waals surface area contributed by atoms with Crippen LogP contribution in [0.1, 0.15) is 354 Å². The molecule has 0 aliphatic heterocycles. The van der Waals surface area contributed by atoms with Crippen LogP contribution >= 0.6 is 15.6 Å². The van der Waals surface area contributed by atoms with Gasteiger partial charge in [-0.25, -0.2) is 9.13 Å². The number of hydrogen-bond donors (Lipinski definition) is 3. The van der Waals surface area contributed by atoms with Crippen molar-refractivity contribution < 1.29 is 80.2 Å². The Labute approximate surface area is 585 Å². The van der Waals surface area contributed by atoms with E-state index in [4.69, 9.17) is 37.0 Å². The van der Waals surface area contributed by atoms with E-state index in [9.17, 15) is 43.2 Å². The maximum absolute atomic E-state index is 13.1. The molecule has 0 aromatic rings. The number of allylic oxidation sites excluding steroid dienone is 6. The van der Waals surface area contributed by atoms with Crippen molar-refractivity contribution in [2.75, 3.05) is 59.5 Å². The lowest BCUT2D eigenvalue weighted by atomic mass is 10.0. The van der Waals surface area contributed by atoms with E-state index in [-0.39, 0.29) is 26.2 Å². The van der Waals surface area contributed by atoms with E-state index in [0.717, 1.165) is 205 Å². The molecule has 0 rings (SSSR count). The Balaban J connectivity index is 5.08. The van der Waals surface area contributed by atoms with E-state index in [1.54, 1.807) is 0 Å². The fraction of sp³-hybridized carbons (Fsp3) is 0.870. The smallest absolute Gasteiger partial charge is 0.457 e. The second-order valence-electron chi connectivity index (χ2n) is 26.5. The maximum Gasteiger partial charge on any atom is 0.472 e. The minimum absolute atomic E-state index is 0.0435. The van der Waals surface area contributed by atoms with Crippen LogP contribution in [-0.2, 0) is 65.4 Å². The average Bonchev–Trinajstić information content (AvgIpc) is 1.72. The number of rotatable bonds is 81. The first-order valence-corrected chi connectivity index (χ1v) is 42.1. The van der Waals surface area contributed by atoms with Gasteiger partial charge in [-0.2, -0.15) is 0 Å². The van der Waals surface area contributed by atoms with Gasteiger partial charge in [0, 0.05) is 45.5 Å². The highest BCUT2D eigenvalue weighted by Crippen LogP contribution is 2.45. The first-order valence-electron chi connectivity index (χ1n) is 39.1. The number of carbonyl (C=O) groups excluding carboxylic acids is 4. The van der Waals surface area contributed by atoms with Crippen LogP contribution in [0.5, 0.6) is 0 Å². The molecule has 0 bridgehead atoms. The molecule has 564 valence electrons. The van der Waals surface area contributed by atoms with Gasteiger partial charge in [-0.05, 0) is 122 Å². The van der Waals surface area contributed by atoms with Gasteiger partial charge >= 0.3 is 21.6 Å². The third-order valence-electron chi connectivity index (χ3n) is 17.1. The Bertz CT molecular complexity index is 1870. The van der Waals surface area contributed by atoms with Gasteiger partial charge in [0.05, 0.1) is 39.6 Å². The molecule has 0 fully saturated rings. The lowest BCUT2D eigenvalue weighted by Crippen LogP contribution is -2.29. The molecule has 96 heavy (non-hydrogen) atoms. The molecule has 0 saturated carbocycles. The highest BCUT2D eigenvalue weighted by atomic mass is 31.2. The van der Waals surface area contributed by atoms with Gasteiger partial charge in [-0.3, -0.25) is 22.9 Å². The fourth-order valence-electron chi connectivity index (χ4n) is 11.1. The molecular weight excluding hydrogens is 1260 g/mol. The zero-order chi connectivity index (χ0) is 69.9. The summed E-state index contributed by atoms with van der Waals surface area (Å²) in [6.45, 7) is 1.39. The first-order chi connectivity index (χ1) is 47.0. The fourth-order valence-corrected chi connectivity index (χ4v) is 12.7. The molecule has 0 aliphatic rings. The summed E-state index contributed by atoms with van der Waals surface area (Å²) in [6.07, 6.45) is 71.5. The SMILES string of the molecule is CCCCCCCCCCCCCCCC(=O)O[C@H](COCCCCCCCCC/C=C\CCCCCCC=O)COP(=O)(O)OC[C@H](O)COP(=O)(O)OC[C@@H](COCCCCCCCCC/C=C\CCCCCCC=O)OCCCCCCC/C=C\CCCCCCC=O. The second-order valence-corrected chi connectivity index (χ2v) is 29.4. The van der Waals surface area contributed by atoms with Crippen molar-refractivity contribution in [2.45, 2.75) is 372 Å². The van der Waals surface area contributed by atoms with Crippen molar-refractivity contribution in [3.8, 4) is 0 Å². The summed E-state index contributed by atoms with van der Waals surface area (Å²) < 4.78 is 70.6. The standard InChI is InChI=1S/C77H144O17P2/c1-2-3-4-5-6-7-8-19-26-33-40-47-54-61-77(82)94-76(71-88-66-59-52-45-38-31-24-17-12-10-14-21-28-35-42-49-56-63-79)73-93-96(85,86)91-69-74(81)68-90-95(83,84)92-72-75(89-67-60-53-46-39-32-25-18-15-22-29-36-43-50-57-64-80)70-87-65-58-51-44-37-30-23-16-11-9-13-20-27-34-41-48-55-62-78/h9-10,13-15,18,62-64,74-76,81H,2-8,11-12,16-17,19-61,65-73H2,1H3,(H,83,84)(H,85,86)/b13-9-,14-10-,18-15-/t74-,75-,76-/m1/s1. The molecule has 17 nitrogen and oxygen atoms in total. The third kappa shape index (κ3) is 74.5. The van der Waals surface area contributed by atoms with Crippen LogP contribution in [0.3, 0.4) is 0 Å². The number of aliphatic hydroxyl groups excluding tert-OH is 1. The summed E-state index contributed by atoms with van der Waals surface area (Å²) in [6, 6.07) is 0. The molecule has 0 radical (unpaired) electrons. The van der Waals surface area contributed by atoms with Gasteiger partial charge in [0.1, 0.15) is 37.2 Å². The third-order valence-corrected chi connectivity index (χ3v) is 19.0. The van der Waals surface area contributed by atoms with Crippen LogP contribution in [0.15, 0.2) is 36.5 Å². The van der Waals surface area contributed by atoms with Crippen molar-refractivity contribution in [2.24, 2.45) is 0 Å². The highest BCUT2D eigenvalue weighted by Gasteiger charge is 2.29. The zero-order valence-electron chi connectivity index (χ0n) is 60.9. The molecule has 0 saturated heterocycles. The number of phosphoric acid groups is 2. The summed E-state index contributed by atoms with van der Waals surface area (Å²) >= 11 is 0. The predicted octanol–water partition coefficient (Wildman–Crippen LogP) is 21.3. The van der Waals surface area contributed by atoms with Gasteiger partial charge in [0.2, 0.25) is 0 Å². The van der Waals surface area contributed by atoms with Gasteiger partial charge < -0.3 is 48.2 Å². The largest absolute Gasteiger partial charge is 0.472 e. The summed E-state index contributed by atoms with van der Waals surface area (Å²) in [5, 5.41) is 10.6. The number of aliphatic hydroxyl groups is 1. The Morgan fingerprint density at radius 3 is 0.917 bits per heavy atom. The molecular formula is C77H144O17P2. The lowest BCUT2D eigenvalue weighted by Gasteiger charge is -2.21. The number of carbonyl (C=O) groups is 4. The van der Waals surface area contributed by atoms with Crippen molar-refractivity contribution in [3.63, 3.8) is 0 Å². The molecule has 2 unspecified atom stereocenters. The van der Waals surface area contributed by atoms with Crippen LogP contribution in [-0.4, -0.2) is 117 Å². The number of unbranched alkanes of at least 4 members (excludes halogenated alkanes) is 46. The minimum Gasteiger partial charge on any atom is -0.457 e. The molecule has 0 aromatic heterocycles. The Hall–Kier alpha value is -2.24. The van der Waals surface area contributed by atoms with Crippen LogP contribution in [0.4, 0.5) is 0 Å². The molecule has 0 heterocycles. The topological polar surface area (TPSA) is 237 Å². The van der Waals surface area contributed by atoms with E-state index >= 15 is 0 Å². The number of aldehydes is 3. The molecule has 3 N–H and O–H groups in total. The van der Waals surface area contributed by atoms with Crippen molar-refractivity contribution >= 4 is 40.5 Å². The van der Waals surface area contributed by atoms with Gasteiger partial charge in [0.25, 0.3) is 0 Å². The number of ether oxygens (including phenoxy) is 4. The van der Waals surface area contributed by atoms with Gasteiger partial charge in [0.15, 0.2) is 0 Å². The van der Waals surface area contributed by atoms with E-state index < -0.39 is 59.7 Å². The van der Waals surface area contributed by atoms with Crippen LogP contribution in [0, 0.1) is 0 Å². The molecule has 0 amide bonds. The lowest BCUT2D eigenvalue weighted by molar-refractivity contribution is -0.154. The second kappa shape index (κ2) is 75.4. The maximum atomic E-state index is 13.1. The Morgan fingerprint density at radius 1 is 0.323 bits per heavy atom. The molecule has 0 aliphatic carbocycles. The van der Waals surface area contributed by atoms with E-state index in [0.29, 0.717) is 45.5 Å². The monoisotopic (exact) mass is 1400 g/mol. The van der Waals surface area contributed by atoms with E-state index in [1.807, 2.05) is 0 Å². The summed E-state index contributed by atoms with van der Waals surface area (Å²) in [5.41, 5.74) is 0. The predicted molar refractivity (Wildman–Crippen MR) is 391 cm³/mol. The molecule has 0 aromatic carbocycles. The van der Waals surface area contributed by atoms with Crippen LogP contribution < -0.4 is 0 Å². The first kappa shape index (κ1) is 93.8. The van der Waals surface area contributed by atoms with Crippen molar-refractivity contribution in [1.82, 2.24) is 0 Å². The van der Waals surface area contributed by atoms with Crippen molar-refractivity contribution in [1.29, 1.82) is 0 Å². The number of phosphoric ester groups is 2. The number of esters is 1. The Morgan fingerprint density at radius 2 is 0.583 bits per heavy atom. The quantitative estimate of drug-likeness (QED) is 0.0169. The normalized spacial score (nSPS) is 14.2. The van der Waals surface area contributed by atoms with Crippen LogP contribution in [0.2, 0.25) is 0 Å².